The second kappa shape index (κ2) is 4.03. The molecule has 0 amide bonds. The summed E-state index contributed by atoms with van der Waals surface area (Å²) in [5, 5.41) is 47.8. The summed E-state index contributed by atoms with van der Waals surface area (Å²) >= 11 is 0. The van der Waals surface area contributed by atoms with E-state index < -0.39 is 28.7 Å². The highest BCUT2D eigenvalue weighted by atomic mass is 16.4. The van der Waals surface area contributed by atoms with Crippen LogP contribution in [0.4, 0.5) is 0 Å². The average molecular weight is 248 g/mol. The molecule has 5 heteroatoms. The normalized spacial score (nSPS) is 10.5. The van der Waals surface area contributed by atoms with E-state index in [0.29, 0.717) is 5.56 Å². The van der Waals surface area contributed by atoms with Gasteiger partial charge in [-0.2, -0.15) is 0 Å². The standard InChI is InChI=1S/C13H12O5/c1-6-4-2-3-5-7(6)8-9(14)11(16)13(18)12(17)10(8)15/h2-5,14-18H,1H3. The molecule has 0 saturated heterocycles. The Bertz CT molecular complexity index is 590. The van der Waals surface area contributed by atoms with E-state index in [9.17, 15) is 25.5 Å². The molecule has 0 saturated carbocycles. The second-order valence-corrected chi connectivity index (χ2v) is 3.93. The van der Waals surface area contributed by atoms with E-state index in [1.165, 1.54) is 0 Å². The SMILES string of the molecule is Cc1ccccc1-c1c(O)c(O)c(O)c(O)c1O. The lowest BCUT2D eigenvalue weighted by molar-refractivity contribution is 0.330. The lowest BCUT2D eigenvalue weighted by Gasteiger charge is -2.13. The van der Waals surface area contributed by atoms with Crippen LogP contribution in [0.2, 0.25) is 0 Å². The number of aromatic hydroxyl groups is 5. The molecule has 0 heterocycles. The minimum atomic E-state index is -0.956. The molecular weight excluding hydrogens is 236 g/mol. The minimum Gasteiger partial charge on any atom is -0.504 e. The van der Waals surface area contributed by atoms with Gasteiger partial charge in [-0.15, -0.1) is 0 Å². The summed E-state index contributed by atoms with van der Waals surface area (Å²) in [6.45, 7) is 1.75. The van der Waals surface area contributed by atoms with Crippen molar-refractivity contribution in [3.63, 3.8) is 0 Å². The summed E-state index contributed by atoms with van der Waals surface area (Å²) in [4.78, 5) is 0. The molecule has 0 fully saturated rings. The van der Waals surface area contributed by atoms with Gasteiger partial charge in [-0.1, -0.05) is 24.3 Å². The highest BCUT2D eigenvalue weighted by Gasteiger charge is 2.24. The largest absolute Gasteiger partial charge is 0.504 e. The van der Waals surface area contributed by atoms with Crippen molar-refractivity contribution in [1.29, 1.82) is 0 Å². The molecule has 2 rings (SSSR count). The molecule has 0 spiro atoms. The Balaban J connectivity index is 2.85. The van der Waals surface area contributed by atoms with Gasteiger partial charge >= 0.3 is 0 Å². The van der Waals surface area contributed by atoms with Crippen LogP contribution in [0.1, 0.15) is 5.56 Å². The lowest BCUT2D eigenvalue weighted by Crippen LogP contribution is -1.87. The van der Waals surface area contributed by atoms with E-state index in [2.05, 4.69) is 0 Å². The van der Waals surface area contributed by atoms with Crippen LogP contribution in [0.5, 0.6) is 28.7 Å². The molecule has 0 aliphatic heterocycles. The van der Waals surface area contributed by atoms with Gasteiger partial charge in [-0.05, 0) is 18.1 Å². The maximum atomic E-state index is 9.78. The fourth-order valence-corrected chi connectivity index (χ4v) is 1.79. The Morgan fingerprint density at radius 2 is 1.11 bits per heavy atom. The summed E-state index contributed by atoms with van der Waals surface area (Å²) in [6, 6.07) is 6.81. The lowest BCUT2D eigenvalue weighted by atomic mass is 9.97. The topological polar surface area (TPSA) is 101 Å². The first kappa shape index (κ1) is 11.9. The van der Waals surface area contributed by atoms with Crippen molar-refractivity contribution in [1.82, 2.24) is 0 Å². The van der Waals surface area contributed by atoms with Crippen LogP contribution >= 0.6 is 0 Å². The van der Waals surface area contributed by atoms with Crippen LogP contribution in [0.3, 0.4) is 0 Å². The zero-order valence-electron chi connectivity index (χ0n) is 9.55. The third-order valence-corrected chi connectivity index (χ3v) is 2.79. The van der Waals surface area contributed by atoms with Gasteiger partial charge in [0.05, 0.1) is 5.56 Å². The van der Waals surface area contributed by atoms with Crippen molar-refractivity contribution in [2.75, 3.05) is 0 Å². The monoisotopic (exact) mass is 248 g/mol. The van der Waals surface area contributed by atoms with E-state index >= 15 is 0 Å². The molecule has 0 atom stereocenters. The van der Waals surface area contributed by atoms with Gasteiger partial charge in [-0.3, -0.25) is 0 Å². The van der Waals surface area contributed by atoms with Crippen molar-refractivity contribution >= 4 is 0 Å². The Kier molecular flexibility index (Phi) is 2.67. The van der Waals surface area contributed by atoms with Crippen LogP contribution in [-0.2, 0) is 0 Å². The third-order valence-electron chi connectivity index (χ3n) is 2.79. The minimum absolute atomic E-state index is 0.124. The Morgan fingerprint density at radius 3 is 1.61 bits per heavy atom. The first-order chi connectivity index (χ1) is 8.45. The molecule has 0 aromatic heterocycles. The predicted octanol–water partition coefficient (Wildman–Crippen LogP) is 2.19. The molecule has 0 aliphatic rings. The first-order valence-corrected chi connectivity index (χ1v) is 5.20. The Hall–Kier alpha value is -2.56. The van der Waals surface area contributed by atoms with Crippen LogP contribution in [0, 0.1) is 6.92 Å². The quantitative estimate of drug-likeness (QED) is 0.393. The maximum Gasteiger partial charge on any atom is 0.208 e. The van der Waals surface area contributed by atoms with E-state index in [0.717, 1.165) is 5.56 Å². The third kappa shape index (κ3) is 1.57. The Morgan fingerprint density at radius 1 is 0.667 bits per heavy atom. The number of benzene rings is 2. The van der Waals surface area contributed by atoms with Crippen molar-refractivity contribution in [2.45, 2.75) is 6.92 Å². The molecule has 94 valence electrons. The molecule has 5 nitrogen and oxygen atoms in total. The fraction of sp³-hybridized carbons (Fsp3) is 0.0769. The smallest absolute Gasteiger partial charge is 0.208 e. The van der Waals surface area contributed by atoms with Gasteiger partial charge in [0.25, 0.3) is 0 Å². The van der Waals surface area contributed by atoms with Crippen molar-refractivity contribution in [3.8, 4) is 39.9 Å². The van der Waals surface area contributed by atoms with Gasteiger partial charge in [0.1, 0.15) is 0 Å². The maximum absolute atomic E-state index is 9.78. The average Bonchev–Trinajstić information content (AvgIpc) is 2.36. The predicted molar refractivity (Wildman–Crippen MR) is 64.9 cm³/mol. The highest BCUT2D eigenvalue weighted by molar-refractivity contribution is 5.86. The molecule has 0 bridgehead atoms. The van der Waals surface area contributed by atoms with Gasteiger partial charge in [-0.25, -0.2) is 0 Å². The van der Waals surface area contributed by atoms with E-state index in [1.807, 2.05) is 0 Å². The molecule has 0 radical (unpaired) electrons. The summed E-state index contributed by atoms with van der Waals surface area (Å²) in [7, 11) is 0. The van der Waals surface area contributed by atoms with Crippen LogP contribution in [0.25, 0.3) is 11.1 Å². The van der Waals surface area contributed by atoms with Crippen molar-refractivity contribution in [3.05, 3.63) is 29.8 Å². The summed E-state index contributed by atoms with van der Waals surface area (Å²) in [6.07, 6.45) is 0. The van der Waals surface area contributed by atoms with E-state index in [-0.39, 0.29) is 5.56 Å². The zero-order chi connectivity index (χ0) is 13.4. The van der Waals surface area contributed by atoms with Crippen LogP contribution in [-0.4, -0.2) is 25.5 Å². The zero-order valence-corrected chi connectivity index (χ0v) is 9.55. The van der Waals surface area contributed by atoms with Gasteiger partial charge in [0, 0.05) is 0 Å². The molecule has 2 aromatic carbocycles. The molecule has 5 N–H and O–H groups in total. The number of phenolic OH excluding ortho intramolecular Hbond substituents is 5. The van der Waals surface area contributed by atoms with Gasteiger partial charge in [0.2, 0.25) is 17.2 Å². The first-order valence-electron chi connectivity index (χ1n) is 5.20. The van der Waals surface area contributed by atoms with E-state index in [1.54, 1.807) is 31.2 Å². The number of hydrogen-bond acceptors (Lipinski definition) is 5. The van der Waals surface area contributed by atoms with Gasteiger partial charge < -0.3 is 25.5 Å². The fourth-order valence-electron chi connectivity index (χ4n) is 1.79. The number of aryl methyl sites for hydroxylation is 1. The van der Waals surface area contributed by atoms with Crippen molar-refractivity contribution in [2.24, 2.45) is 0 Å². The second-order valence-electron chi connectivity index (χ2n) is 3.93. The summed E-state index contributed by atoms with van der Waals surface area (Å²) in [5.74, 6) is -4.07. The Labute approximate surface area is 103 Å². The molecular formula is C13H12O5. The number of rotatable bonds is 1. The summed E-state index contributed by atoms with van der Waals surface area (Å²) < 4.78 is 0. The number of hydrogen-bond donors (Lipinski definition) is 5. The van der Waals surface area contributed by atoms with E-state index in [4.69, 9.17) is 0 Å². The van der Waals surface area contributed by atoms with Crippen molar-refractivity contribution < 1.29 is 25.5 Å². The molecule has 0 unspecified atom stereocenters. The highest BCUT2D eigenvalue weighted by Crippen LogP contribution is 2.54. The molecule has 18 heavy (non-hydrogen) atoms. The van der Waals surface area contributed by atoms with Crippen LogP contribution in [0.15, 0.2) is 24.3 Å². The summed E-state index contributed by atoms with van der Waals surface area (Å²) in [5.41, 5.74) is 1.05. The molecule has 0 aliphatic carbocycles. The molecule has 2 aromatic rings. The van der Waals surface area contributed by atoms with Crippen LogP contribution < -0.4 is 0 Å². The number of phenols is 5. The van der Waals surface area contributed by atoms with Gasteiger partial charge in [0.15, 0.2) is 11.5 Å².